The average Bonchev–Trinajstić information content (AvgIpc) is 3.20. The summed E-state index contributed by atoms with van der Waals surface area (Å²) in [6.45, 7) is 1.73. The first-order valence-electron chi connectivity index (χ1n) is 10.00. The number of hydrogen-bond donors (Lipinski definition) is 1. The van der Waals surface area contributed by atoms with Gasteiger partial charge in [0.25, 0.3) is 5.91 Å². The zero-order valence-corrected chi connectivity index (χ0v) is 16.6. The molecule has 6 nitrogen and oxygen atoms in total. The number of hydrogen-bond acceptors (Lipinski definition) is 4. The van der Waals surface area contributed by atoms with Gasteiger partial charge in [0.15, 0.2) is 0 Å². The van der Waals surface area contributed by atoms with E-state index >= 15 is 0 Å². The van der Waals surface area contributed by atoms with Gasteiger partial charge in [-0.05, 0) is 25.0 Å². The molecular weight excluding hydrogens is 364 g/mol. The maximum absolute atomic E-state index is 13.1. The Labute approximate surface area is 171 Å². The Bertz CT molecular complexity index is 918. The van der Waals surface area contributed by atoms with Gasteiger partial charge in [-0.15, -0.1) is 0 Å². The smallest absolute Gasteiger partial charge is 0.266 e. The third-order valence-electron chi connectivity index (χ3n) is 5.26. The van der Waals surface area contributed by atoms with Gasteiger partial charge in [-0.3, -0.25) is 4.79 Å². The minimum Gasteiger partial charge on any atom is -0.476 e. The van der Waals surface area contributed by atoms with Crippen LogP contribution in [0.1, 0.15) is 24.5 Å². The highest BCUT2D eigenvalue weighted by Crippen LogP contribution is 2.23. The number of carbonyl (C=O) groups excluding carboxylic acids is 1. The largest absolute Gasteiger partial charge is 0.476 e. The number of imidazole rings is 1. The van der Waals surface area contributed by atoms with E-state index in [9.17, 15) is 4.79 Å². The molecule has 2 aromatic carbocycles. The van der Waals surface area contributed by atoms with E-state index in [0.717, 1.165) is 37.4 Å². The van der Waals surface area contributed by atoms with E-state index in [4.69, 9.17) is 4.74 Å². The van der Waals surface area contributed by atoms with E-state index in [1.807, 2.05) is 84.7 Å². The number of piperidine rings is 1. The first-order chi connectivity index (χ1) is 14.2. The van der Waals surface area contributed by atoms with Crippen molar-refractivity contribution in [3.63, 3.8) is 0 Å². The van der Waals surface area contributed by atoms with Gasteiger partial charge in [-0.25, -0.2) is 4.98 Å². The van der Waals surface area contributed by atoms with Gasteiger partial charge in [0, 0.05) is 44.1 Å². The summed E-state index contributed by atoms with van der Waals surface area (Å²) >= 11 is 0. The van der Waals surface area contributed by atoms with Gasteiger partial charge >= 0.3 is 0 Å². The minimum atomic E-state index is -0.675. The molecule has 6 heteroatoms. The Kier molecular flexibility index (Phi) is 5.79. The summed E-state index contributed by atoms with van der Waals surface area (Å²) in [6, 6.07) is 19.3. The van der Waals surface area contributed by atoms with Crippen LogP contribution in [-0.4, -0.2) is 34.6 Å². The van der Waals surface area contributed by atoms with Crippen LogP contribution in [0.4, 0.5) is 5.95 Å². The summed E-state index contributed by atoms with van der Waals surface area (Å²) in [5, 5.41) is 3.20. The van der Waals surface area contributed by atoms with Crippen molar-refractivity contribution in [3.8, 4) is 5.75 Å². The number of ether oxygens (including phenoxy) is 1. The number of carbonyl (C=O) groups is 1. The van der Waals surface area contributed by atoms with Crippen LogP contribution in [0.2, 0.25) is 0 Å². The molecule has 1 unspecified atom stereocenters. The monoisotopic (exact) mass is 390 g/mol. The Morgan fingerprint density at radius 2 is 1.72 bits per heavy atom. The lowest BCUT2D eigenvalue weighted by Crippen LogP contribution is -2.47. The lowest BCUT2D eigenvalue weighted by molar-refractivity contribution is -0.129. The lowest BCUT2D eigenvalue weighted by Gasteiger charge is -2.33. The van der Waals surface area contributed by atoms with Crippen LogP contribution in [0, 0.1) is 0 Å². The molecule has 1 N–H and O–H groups in total. The van der Waals surface area contributed by atoms with Crippen molar-refractivity contribution in [2.24, 2.45) is 7.05 Å². The van der Waals surface area contributed by atoms with E-state index in [1.165, 1.54) is 0 Å². The minimum absolute atomic E-state index is 0.101. The molecule has 1 aliphatic rings. The molecular formula is C23H26N4O2. The lowest BCUT2D eigenvalue weighted by atomic mass is 10.0. The molecule has 150 valence electrons. The molecule has 4 rings (SSSR count). The molecule has 29 heavy (non-hydrogen) atoms. The molecule has 0 saturated carbocycles. The van der Waals surface area contributed by atoms with Gasteiger partial charge in [-0.1, -0.05) is 48.5 Å². The van der Waals surface area contributed by atoms with Gasteiger partial charge in [-0.2, -0.15) is 0 Å². The van der Waals surface area contributed by atoms with E-state index in [1.54, 1.807) is 0 Å². The number of aromatic nitrogens is 2. The molecule has 0 aliphatic carbocycles. The maximum atomic E-state index is 13.1. The Morgan fingerprint density at radius 3 is 2.34 bits per heavy atom. The summed E-state index contributed by atoms with van der Waals surface area (Å²) in [6.07, 6.45) is 4.85. The van der Waals surface area contributed by atoms with Crippen LogP contribution in [0.5, 0.6) is 5.75 Å². The number of nitrogens with one attached hydrogen (secondary N) is 1. The molecule has 1 fully saturated rings. The summed E-state index contributed by atoms with van der Waals surface area (Å²) < 4.78 is 8.09. The molecule has 2 heterocycles. The number of anilines is 1. The van der Waals surface area contributed by atoms with Crippen molar-refractivity contribution in [3.05, 3.63) is 78.6 Å². The van der Waals surface area contributed by atoms with Gasteiger partial charge < -0.3 is 19.5 Å². The SMILES string of the molecule is Cn1ccnc1N1CCC(NC(=O)C(Oc2ccccc2)c2ccccc2)CC1. The average molecular weight is 390 g/mol. The topological polar surface area (TPSA) is 59.4 Å². The number of amides is 1. The Balaban J connectivity index is 1.41. The highest BCUT2D eigenvalue weighted by atomic mass is 16.5. The number of aryl methyl sites for hydroxylation is 1. The summed E-state index contributed by atoms with van der Waals surface area (Å²) in [7, 11) is 2.00. The van der Waals surface area contributed by atoms with E-state index in [0.29, 0.717) is 5.75 Å². The quantitative estimate of drug-likeness (QED) is 0.701. The fraction of sp³-hybridized carbons (Fsp3) is 0.304. The van der Waals surface area contributed by atoms with Crippen LogP contribution in [-0.2, 0) is 11.8 Å². The first kappa shape index (κ1) is 19.1. The van der Waals surface area contributed by atoms with E-state index < -0.39 is 6.10 Å². The van der Waals surface area contributed by atoms with Crippen molar-refractivity contribution in [2.75, 3.05) is 18.0 Å². The predicted octanol–water partition coefficient (Wildman–Crippen LogP) is 3.33. The molecule has 0 bridgehead atoms. The van der Waals surface area contributed by atoms with Gasteiger partial charge in [0.1, 0.15) is 5.75 Å². The van der Waals surface area contributed by atoms with Crippen molar-refractivity contribution in [1.82, 2.24) is 14.9 Å². The fourth-order valence-electron chi connectivity index (χ4n) is 3.70. The van der Waals surface area contributed by atoms with Crippen LogP contribution in [0.25, 0.3) is 0 Å². The summed E-state index contributed by atoms with van der Waals surface area (Å²) in [5.41, 5.74) is 0.847. The summed E-state index contributed by atoms with van der Waals surface area (Å²) in [5.74, 6) is 1.56. The Morgan fingerprint density at radius 1 is 1.07 bits per heavy atom. The second-order valence-electron chi connectivity index (χ2n) is 7.33. The summed E-state index contributed by atoms with van der Waals surface area (Å²) in [4.78, 5) is 19.8. The molecule has 1 aromatic heterocycles. The first-order valence-corrected chi connectivity index (χ1v) is 10.00. The molecule has 1 aliphatic heterocycles. The molecule has 3 aromatic rings. The van der Waals surface area contributed by atoms with Crippen molar-refractivity contribution < 1.29 is 9.53 Å². The van der Waals surface area contributed by atoms with Gasteiger partial charge in [0.2, 0.25) is 12.1 Å². The number of rotatable bonds is 6. The molecule has 0 radical (unpaired) electrons. The highest BCUT2D eigenvalue weighted by molar-refractivity contribution is 5.83. The van der Waals surface area contributed by atoms with Crippen LogP contribution in [0.15, 0.2) is 73.1 Å². The van der Waals surface area contributed by atoms with Crippen LogP contribution >= 0.6 is 0 Å². The zero-order chi connectivity index (χ0) is 20.1. The van der Waals surface area contributed by atoms with E-state index in [-0.39, 0.29) is 11.9 Å². The number of benzene rings is 2. The van der Waals surface area contributed by atoms with Crippen LogP contribution in [0.3, 0.4) is 0 Å². The third kappa shape index (κ3) is 4.59. The zero-order valence-electron chi connectivity index (χ0n) is 16.6. The van der Waals surface area contributed by atoms with Gasteiger partial charge in [0.05, 0.1) is 0 Å². The Hall–Kier alpha value is -3.28. The van der Waals surface area contributed by atoms with Crippen molar-refractivity contribution >= 4 is 11.9 Å². The molecule has 1 atom stereocenters. The second-order valence-corrected chi connectivity index (χ2v) is 7.33. The molecule has 1 saturated heterocycles. The molecule has 1 amide bonds. The van der Waals surface area contributed by atoms with E-state index in [2.05, 4.69) is 15.2 Å². The predicted molar refractivity (Wildman–Crippen MR) is 113 cm³/mol. The standard InChI is InChI=1S/C23H26N4O2/c1-26-17-14-24-23(26)27-15-12-19(13-16-27)25-22(28)21(18-8-4-2-5-9-18)29-20-10-6-3-7-11-20/h2-11,14,17,19,21H,12-13,15-16H2,1H3,(H,25,28). The normalized spacial score (nSPS) is 15.7. The number of nitrogens with zero attached hydrogens (tertiary/aromatic N) is 3. The molecule has 0 spiro atoms. The fourth-order valence-corrected chi connectivity index (χ4v) is 3.70. The highest BCUT2D eigenvalue weighted by Gasteiger charge is 2.28. The maximum Gasteiger partial charge on any atom is 0.266 e. The van der Waals surface area contributed by atoms with Crippen molar-refractivity contribution in [2.45, 2.75) is 25.0 Å². The van der Waals surface area contributed by atoms with Crippen LogP contribution < -0.4 is 15.0 Å². The number of para-hydroxylation sites is 1. The second kappa shape index (κ2) is 8.82. The van der Waals surface area contributed by atoms with Crippen molar-refractivity contribution in [1.29, 1.82) is 0 Å². The third-order valence-corrected chi connectivity index (χ3v) is 5.26.